The standard InChI is InChI=1S/C11H14N2OS/c12-11(15)10-6-5-9(7-13-10)14-8-3-1-2-4-8/h5-8H,1-4H2,(H2,12,15). The Kier molecular flexibility index (Phi) is 3.16. The van der Waals surface area contributed by atoms with Crippen molar-refractivity contribution in [3.8, 4) is 5.75 Å². The van der Waals surface area contributed by atoms with Gasteiger partial charge in [-0.25, -0.2) is 4.98 Å². The predicted molar refractivity (Wildman–Crippen MR) is 63.0 cm³/mol. The molecule has 0 aromatic carbocycles. The minimum absolute atomic E-state index is 0.322. The highest BCUT2D eigenvalue weighted by Gasteiger charge is 2.16. The van der Waals surface area contributed by atoms with E-state index in [1.165, 1.54) is 12.8 Å². The van der Waals surface area contributed by atoms with Crippen molar-refractivity contribution in [1.82, 2.24) is 4.98 Å². The summed E-state index contributed by atoms with van der Waals surface area (Å²) in [6.07, 6.45) is 6.88. The van der Waals surface area contributed by atoms with Gasteiger partial charge in [0.1, 0.15) is 10.7 Å². The van der Waals surface area contributed by atoms with Gasteiger partial charge in [0.25, 0.3) is 0 Å². The largest absolute Gasteiger partial charge is 0.489 e. The Labute approximate surface area is 94.6 Å². The number of aromatic nitrogens is 1. The van der Waals surface area contributed by atoms with E-state index in [1.54, 1.807) is 12.3 Å². The number of nitrogens with zero attached hydrogens (tertiary/aromatic N) is 1. The van der Waals surface area contributed by atoms with E-state index in [-0.39, 0.29) is 0 Å². The molecule has 15 heavy (non-hydrogen) atoms. The summed E-state index contributed by atoms with van der Waals surface area (Å²) in [6.45, 7) is 0. The highest BCUT2D eigenvalue weighted by Crippen LogP contribution is 2.23. The molecule has 0 saturated heterocycles. The van der Waals surface area contributed by atoms with Gasteiger partial charge < -0.3 is 10.5 Å². The smallest absolute Gasteiger partial charge is 0.138 e. The lowest BCUT2D eigenvalue weighted by Gasteiger charge is -2.12. The van der Waals surface area contributed by atoms with Crippen LogP contribution in [0.4, 0.5) is 0 Å². The Morgan fingerprint density at radius 2 is 2.13 bits per heavy atom. The van der Waals surface area contributed by atoms with E-state index in [9.17, 15) is 0 Å². The van der Waals surface area contributed by atoms with E-state index in [4.69, 9.17) is 22.7 Å². The van der Waals surface area contributed by atoms with Gasteiger partial charge in [-0.3, -0.25) is 0 Å². The van der Waals surface area contributed by atoms with Gasteiger partial charge in [0.05, 0.1) is 18.0 Å². The fraction of sp³-hybridized carbons (Fsp3) is 0.455. The van der Waals surface area contributed by atoms with E-state index in [2.05, 4.69) is 4.98 Å². The van der Waals surface area contributed by atoms with E-state index in [1.807, 2.05) is 6.07 Å². The van der Waals surface area contributed by atoms with Gasteiger partial charge in [0.15, 0.2) is 0 Å². The second kappa shape index (κ2) is 4.57. The Morgan fingerprint density at radius 1 is 1.40 bits per heavy atom. The van der Waals surface area contributed by atoms with E-state index in [0.29, 0.717) is 16.8 Å². The van der Waals surface area contributed by atoms with Crippen molar-refractivity contribution < 1.29 is 4.74 Å². The van der Waals surface area contributed by atoms with Gasteiger partial charge in [-0.2, -0.15) is 0 Å². The summed E-state index contributed by atoms with van der Waals surface area (Å²) in [7, 11) is 0. The summed E-state index contributed by atoms with van der Waals surface area (Å²) in [6, 6.07) is 3.67. The molecule has 0 bridgehead atoms. The molecule has 4 heteroatoms. The molecule has 0 atom stereocenters. The number of hydrogen-bond acceptors (Lipinski definition) is 3. The Balaban J connectivity index is 2.00. The molecule has 1 aliphatic carbocycles. The van der Waals surface area contributed by atoms with Crippen molar-refractivity contribution in [2.75, 3.05) is 0 Å². The molecular formula is C11H14N2OS. The van der Waals surface area contributed by atoms with Crippen LogP contribution in [0.1, 0.15) is 31.4 Å². The molecule has 80 valence electrons. The van der Waals surface area contributed by atoms with Crippen LogP contribution < -0.4 is 10.5 Å². The zero-order chi connectivity index (χ0) is 10.7. The second-order valence-electron chi connectivity index (χ2n) is 3.77. The van der Waals surface area contributed by atoms with Crippen molar-refractivity contribution in [2.24, 2.45) is 5.73 Å². The first kappa shape index (κ1) is 10.4. The zero-order valence-electron chi connectivity index (χ0n) is 8.48. The minimum Gasteiger partial charge on any atom is -0.489 e. The summed E-state index contributed by atoms with van der Waals surface area (Å²) in [5, 5.41) is 0. The Bertz CT molecular complexity index is 344. The molecule has 1 saturated carbocycles. The third-order valence-corrected chi connectivity index (χ3v) is 2.80. The molecule has 0 radical (unpaired) electrons. The lowest BCUT2D eigenvalue weighted by Crippen LogP contribution is -2.13. The van der Waals surface area contributed by atoms with Crippen LogP contribution in [-0.2, 0) is 0 Å². The first-order chi connectivity index (χ1) is 7.25. The fourth-order valence-corrected chi connectivity index (χ4v) is 1.92. The molecule has 2 rings (SSSR count). The number of pyridine rings is 1. The van der Waals surface area contributed by atoms with Crippen molar-refractivity contribution in [3.05, 3.63) is 24.0 Å². The lowest BCUT2D eigenvalue weighted by atomic mass is 10.3. The van der Waals surface area contributed by atoms with Gasteiger partial charge in [0, 0.05) is 0 Å². The van der Waals surface area contributed by atoms with Gasteiger partial charge in [-0.05, 0) is 37.8 Å². The topological polar surface area (TPSA) is 48.1 Å². The van der Waals surface area contributed by atoms with E-state index >= 15 is 0 Å². The van der Waals surface area contributed by atoms with Crippen molar-refractivity contribution in [1.29, 1.82) is 0 Å². The van der Waals surface area contributed by atoms with Gasteiger partial charge in [-0.15, -0.1) is 0 Å². The average molecular weight is 222 g/mol. The SMILES string of the molecule is NC(=S)c1ccc(OC2CCCC2)cn1. The van der Waals surface area contributed by atoms with Crippen molar-refractivity contribution in [2.45, 2.75) is 31.8 Å². The molecule has 0 unspecified atom stereocenters. The number of nitrogens with two attached hydrogens (primary N) is 1. The quantitative estimate of drug-likeness (QED) is 0.795. The van der Waals surface area contributed by atoms with Gasteiger partial charge in [0.2, 0.25) is 0 Å². The summed E-state index contributed by atoms with van der Waals surface area (Å²) in [5.41, 5.74) is 6.10. The molecule has 1 aliphatic rings. The first-order valence-corrected chi connectivity index (χ1v) is 5.59. The van der Waals surface area contributed by atoms with Gasteiger partial charge >= 0.3 is 0 Å². The van der Waals surface area contributed by atoms with Crippen LogP contribution in [0.3, 0.4) is 0 Å². The zero-order valence-corrected chi connectivity index (χ0v) is 9.30. The van der Waals surface area contributed by atoms with Crippen molar-refractivity contribution >= 4 is 17.2 Å². The highest BCUT2D eigenvalue weighted by atomic mass is 32.1. The molecule has 0 spiro atoms. The summed E-state index contributed by atoms with van der Waals surface area (Å²) in [5.74, 6) is 0.807. The van der Waals surface area contributed by atoms with Crippen LogP contribution in [-0.4, -0.2) is 16.1 Å². The molecule has 1 heterocycles. The van der Waals surface area contributed by atoms with Crippen LogP contribution >= 0.6 is 12.2 Å². The van der Waals surface area contributed by atoms with E-state index < -0.39 is 0 Å². The summed E-state index contributed by atoms with van der Waals surface area (Å²) >= 11 is 4.82. The molecule has 0 amide bonds. The summed E-state index contributed by atoms with van der Waals surface area (Å²) in [4.78, 5) is 4.45. The molecule has 1 aromatic heterocycles. The number of rotatable bonds is 3. The monoisotopic (exact) mass is 222 g/mol. The number of hydrogen-bond donors (Lipinski definition) is 1. The van der Waals surface area contributed by atoms with Crippen LogP contribution in [0.5, 0.6) is 5.75 Å². The highest BCUT2D eigenvalue weighted by molar-refractivity contribution is 7.80. The second-order valence-corrected chi connectivity index (χ2v) is 4.21. The van der Waals surface area contributed by atoms with Crippen LogP contribution in [0, 0.1) is 0 Å². The molecule has 1 fully saturated rings. The van der Waals surface area contributed by atoms with Crippen LogP contribution in [0.15, 0.2) is 18.3 Å². The molecule has 0 aliphatic heterocycles. The molecular weight excluding hydrogens is 208 g/mol. The van der Waals surface area contributed by atoms with Gasteiger partial charge in [-0.1, -0.05) is 12.2 Å². The fourth-order valence-electron chi connectivity index (χ4n) is 1.79. The maximum atomic E-state index is 5.76. The van der Waals surface area contributed by atoms with Crippen LogP contribution in [0.25, 0.3) is 0 Å². The van der Waals surface area contributed by atoms with E-state index in [0.717, 1.165) is 18.6 Å². The minimum atomic E-state index is 0.322. The predicted octanol–water partition coefficient (Wildman–Crippen LogP) is 2.04. The normalized spacial score (nSPS) is 16.5. The number of ether oxygens (including phenoxy) is 1. The Morgan fingerprint density at radius 3 is 2.67 bits per heavy atom. The Hall–Kier alpha value is -1.16. The number of thiocarbonyl (C=S) groups is 1. The third-order valence-electron chi connectivity index (χ3n) is 2.59. The summed E-state index contributed by atoms with van der Waals surface area (Å²) < 4.78 is 5.76. The molecule has 3 nitrogen and oxygen atoms in total. The maximum absolute atomic E-state index is 5.76. The average Bonchev–Trinajstić information content (AvgIpc) is 2.71. The van der Waals surface area contributed by atoms with Crippen molar-refractivity contribution in [3.63, 3.8) is 0 Å². The molecule has 2 N–H and O–H groups in total. The third kappa shape index (κ3) is 2.65. The first-order valence-electron chi connectivity index (χ1n) is 5.18. The maximum Gasteiger partial charge on any atom is 0.138 e. The molecule has 1 aromatic rings. The lowest BCUT2D eigenvalue weighted by molar-refractivity contribution is 0.209. The van der Waals surface area contributed by atoms with Crippen LogP contribution in [0.2, 0.25) is 0 Å².